The van der Waals surface area contributed by atoms with Crippen molar-refractivity contribution in [1.29, 1.82) is 0 Å². The van der Waals surface area contributed by atoms with Crippen LogP contribution in [0.25, 0.3) is 11.3 Å². The summed E-state index contributed by atoms with van der Waals surface area (Å²) in [4.78, 5) is 12.2. The first-order chi connectivity index (χ1) is 9.70. The van der Waals surface area contributed by atoms with Gasteiger partial charge in [0, 0.05) is 23.7 Å². The second-order valence-electron chi connectivity index (χ2n) is 6.37. The highest BCUT2D eigenvalue weighted by Crippen LogP contribution is 2.23. The van der Waals surface area contributed by atoms with Crippen molar-refractivity contribution in [2.24, 2.45) is 12.8 Å². The van der Waals surface area contributed by atoms with Gasteiger partial charge in [0.25, 0.3) is 5.56 Å². The van der Waals surface area contributed by atoms with Gasteiger partial charge in [0.1, 0.15) is 0 Å². The van der Waals surface area contributed by atoms with Gasteiger partial charge in [0.2, 0.25) is 0 Å². The van der Waals surface area contributed by atoms with Crippen LogP contribution in [0.15, 0.2) is 35.1 Å². The molecule has 1 aromatic heterocycles. The molecule has 0 amide bonds. The molecule has 0 aliphatic rings. The minimum absolute atomic E-state index is 0.148. The van der Waals surface area contributed by atoms with Crippen LogP contribution in [0, 0.1) is 0 Å². The largest absolute Gasteiger partial charge is 0.322 e. The maximum absolute atomic E-state index is 12.2. The molecule has 112 valence electrons. The van der Waals surface area contributed by atoms with E-state index in [1.807, 2.05) is 26.0 Å². The van der Waals surface area contributed by atoms with Crippen LogP contribution in [0.3, 0.4) is 0 Å². The van der Waals surface area contributed by atoms with Crippen molar-refractivity contribution in [3.63, 3.8) is 0 Å². The normalized spacial score (nSPS) is 12.0. The standard InChI is InChI=1S/C17H23N3O/c1-11(2)12-6-8-13(9-7-12)15-10-14(17(3,4)18)16(21)20(5)19-15/h6-11H,18H2,1-5H3. The van der Waals surface area contributed by atoms with Gasteiger partial charge in [-0.1, -0.05) is 38.1 Å². The first kappa shape index (κ1) is 15.4. The van der Waals surface area contributed by atoms with Gasteiger partial charge in [-0.2, -0.15) is 5.10 Å². The zero-order chi connectivity index (χ0) is 15.8. The minimum Gasteiger partial charge on any atom is -0.322 e. The molecule has 0 bridgehead atoms. The highest BCUT2D eigenvalue weighted by atomic mass is 16.1. The summed E-state index contributed by atoms with van der Waals surface area (Å²) >= 11 is 0. The van der Waals surface area contributed by atoms with E-state index in [1.165, 1.54) is 10.2 Å². The molecule has 0 saturated carbocycles. The van der Waals surface area contributed by atoms with E-state index in [0.29, 0.717) is 11.5 Å². The smallest absolute Gasteiger partial charge is 0.271 e. The van der Waals surface area contributed by atoms with E-state index in [-0.39, 0.29) is 5.56 Å². The molecule has 0 saturated heterocycles. The van der Waals surface area contributed by atoms with E-state index in [0.717, 1.165) is 11.3 Å². The van der Waals surface area contributed by atoms with Crippen LogP contribution < -0.4 is 11.3 Å². The fourth-order valence-corrected chi connectivity index (χ4v) is 2.25. The number of rotatable bonds is 3. The zero-order valence-electron chi connectivity index (χ0n) is 13.3. The van der Waals surface area contributed by atoms with E-state index in [2.05, 4.69) is 31.1 Å². The van der Waals surface area contributed by atoms with E-state index in [9.17, 15) is 4.79 Å². The number of nitrogens with zero attached hydrogens (tertiary/aromatic N) is 2. The Labute approximate surface area is 125 Å². The van der Waals surface area contributed by atoms with Crippen LogP contribution in [0.1, 0.15) is 44.7 Å². The molecular weight excluding hydrogens is 262 g/mol. The number of aromatic nitrogens is 2. The molecule has 0 fully saturated rings. The van der Waals surface area contributed by atoms with Crippen LogP contribution in [-0.2, 0) is 12.6 Å². The predicted molar refractivity (Wildman–Crippen MR) is 86.2 cm³/mol. The number of nitrogens with two attached hydrogens (primary N) is 1. The second kappa shape index (κ2) is 5.45. The number of benzene rings is 1. The lowest BCUT2D eigenvalue weighted by Gasteiger charge is -2.19. The summed E-state index contributed by atoms with van der Waals surface area (Å²) < 4.78 is 1.36. The summed E-state index contributed by atoms with van der Waals surface area (Å²) in [5.41, 5.74) is 8.86. The summed E-state index contributed by atoms with van der Waals surface area (Å²) in [5, 5.41) is 4.34. The van der Waals surface area contributed by atoms with Crippen LogP contribution >= 0.6 is 0 Å². The Morgan fingerprint density at radius 3 is 2.24 bits per heavy atom. The molecule has 1 aromatic carbocycles. The van der Waals surface area contributed by atoms with E-state index in [4.69, 9.17) is 5.73 Å². The highest BCUT2D eigenvalue weighted by Gasteiger charge is 2.20. The van der Waals surface area contributed by atoms with Gasteiger partial charge >= 0.3 is 0 Å². The molecule has 0 atom stereocenters. The van der Waals surface area contributed by atoms with Crippen molar-refractivity contribution >= 4 is 0 Å². The highest BCUT2D eigenvalue weighted by molar-refractivity contribution is 5.60. The van der Waals surface area contributed by atoms with Gasteiger partial charge in [-0.05, 0) is 31.4 Å². The van der Waals surface area contributed by atoms with Gasteiger partial charge in [0.15, 0.2) is 0 Å². The summed E-state index contributed by atoms with van der Waals surface area (Å²) in [7, 11) is 1.66. The van der Waals surface area contributed by atoms with Crippen molar-refractivity contribution in [3.8, 4) is 11.3 Å². The molecule has 2 aromatic rings. The monoisotopic (exact) mass is 285 g/mol. The van der Waals surface area contributed by atoms with Crippen LogP contribution in [-0.4, -0.2) is 9.78 Å². The molecule has 0 unspecified atom stereocenters. The summed E-state index contributed by atoms with van der Waals surface area (Å²) in [6.45, 7) is 7.98. The lowest BCUT2D eigenvalue weighted by molar-refractivity contribution is 0.531. The Bertz CT molecular complexity index is 691. The molecule has 0 aliphatic carbocycles. The molecule has 1 heterocycles. The third-order valence-corrected chi connectivity index (χ3v) is 3.63. The first-order valence-electron chi connectivity index (χ1n) is 7.18. The van der Waals surface area contributed by atoms with Crippen LogP contribution in [0.4, 0.5) is 0 Å². The van der Waals surface area contributed by atoms with Gasteiger partial charge in [0.05, 0.1) is 5.69 Å². The molecule has 2 rings (SSSR count). The molecule has 0 aliphatic heterocycles. The van der Waals surface area contributed by atoms with Crippen molar-refractivity contribution in [1.82, 2.24) is 9.78 Å². The average molecular weight is 285 g/mol. The average Bonchev–Trinajstić information content (AvgIpc) is 2.40. The summed E-state index contributed by atoms with van der Waals surface area (Å²) in [6.07, 6.45) is 0. The fraction of sp³-hybridized carbons (Fsp3) is 0.412. The molecule has 0 radical (unpaired) electrons. The Balaban J connectivity index is 2.54. The molecule has 4 nitrogen and oxygen atoms in total. The minimum atomic E-state index is -0.690. The van der Waals surface area contributed by atoms with E-state index in [1.54, 1.807) is 13.1 Å². The van der Waals surface area contributed by atoms with Crippen molar-refractivity contribution in [2.75, 3.05) is 0 Å². The van der Waals surface area contributed by atoms with E-state index < -0.39 is 5.54 Å². The summed E-state index contributed by atoms with van der Waals surface area (Å²) in [6, 6.07) is 10.1. The molecule has 2 N–H and O–H groups in total. The third kappa shape index (κ3) is 3.22. The number of hydrogen-bond acceptors (Lipinski definition) is 3. The van der Waals surface area contributed by atoms with Crippen LogP contribution in [0.2, 0.25) is 0 Å². The second-order valence-corrected chi connectivity index (χ2v) is 6.37. The molecule has 4 heteroatoms. The van der Waals surface area contributed by atoms with Crippen molar-refractivity contribution < 1.29 is 0 Å². The lowest BCUT2D eigenvalue weighted by atomic mass is 9.95. The Morgan fingerprint density at radius 1 is 1.19 bits per heavy atom. The van der Waals surface area contributed by atoms with Crippen molar-refractivity contribution in [2.45, 2.75) is 39.2 Å². The summed E-state index contributed by atoms with van der Waals surface area (Å²) in [5.74, 6) is 0.491. The topological polar surface area (TPSA) is 60.9 Å². The molecule has 0 spiro atoms. The quantitative estimate of drug-likeness (QED) is 0.943. The Hall–Kier alpha value is -1.94. The molecular formula is C17H23N3O. The van der Waals surface area contributed by atoms with Gasteiger partial charge < -0.3 is 5.73 Å². The number of aryl methyl sites for hydroxylation is 1. The Morgan fingerprint density at radius 2 is 1.76 bits per heavy atom. The van der Waals surface area contributed by atoms with Crippen LogP contribution in [0.5, 0.6) is 0 Å². The van der Waals surface area contributed by atoms with Gasteiger partial charge in [-0.25, -0.2) is 4.68 Å². The number of hydrogen-bond donors (Lipinski definition) is 1. The third-order valence-electron chi connectivity index (χ3n) is 3.63. The van der Waals surface area contributed by atoms with Gasteiger partial charge in [-0.15, -0.1) is 0 Å². The Kier molecular flexibility index (Phi) is 4.01. The SMILES string of the molecule is CC(C)c1ccc(-c2cc(C(C)(C)N)c(=O)n(C)n2)cc1. The van der Waals surface area contributed by atoms with Gasteiger partial charge in [-0.3, -0.25) is 4.79 Å². The lowest BCUT2D eigenvalue weighted by Crippen LogP contribution is -2.38. The molecule has 21 heavy (non-hydrogen) atoms. The predicted octanol–water partition coefficient (Wildman–Crippen LogP) is 2.76. The fourth-order valence-electron chi connectivity index (χ4n) is 2.25. The van der Waals surface area contributed by atoms with Crippen molar-refractivity contribution in [3.05, 3.63) is 51.8 Å². The maximum Gasteiger partial charge on any atom is 0.271 e. The van der Waals surface area contributed by atoms with E-state index >= 15 is 0 Å². The maximum atomic E-state index is 12.2. The zero-order valence-corrected chi connectivity index (χ0v) is 13.3. The first-order valence-corrected chi connectivity index (χ1v) is 7.18.